The molecule has 1 atom stereocenters. The second kappa shape index (κ2) is 10.2. The van der Waals surface area contributed by atoms with Crippen LogP contribution in [0.1, 0.15) is 18.4 Å². The van der Waals surface area contributed by atoms with Gasteiger partial charge in [0.2, 0.25) is 5.95 Å². The van der Waals surface area contributed by atoms with Crippen LogP contribution in [0.25, 0.3) is 0 Å². The Bertz CT molecular complexity index is 879. The van der Waals surface area contributed by atoms with E-state index in [9.17, 15) is 17.6 Å². The highest BCUT2D eigenvalue weighted by molar-refractivity contribution is 5.73. The fourth-order valence-corrected chi connectivity index (χ4v) is 3.88. The van der Waals surface area contributed by atoms with E-state index in [4.69, 9.17) is 14.6 Å². The summed E-state index contributed by atoms with van der Waals surface area (Å²) in [6.45, 7) is 5.12. The molecule has 2 saturated heterocycles. The maximum atomic E-state index is 13.1. The highest BCUT2D eigenvalue weighted by Crippen LogP contribution is 2.31. The van der Waals surface area contributed by atoms with Gasteiger partial charge in [-0.3, -0.25) is 4.90 Å². The summed E-state index contributed by atoms with van der Waals surface area (Å²) in [4.78, 5) is 22.3. The van der Waals surface area contributed by atoms with Gasteiger partial charge in [0.25, 0.3) is 0 Å². The summed E-state index contributed by atoms with van der Waals surface area (Å²) in [6, 6.07) is 8.62. The normalized spacial score (nSPS) is 21.7. The van der Waals surface area contributed by atoms with Crippen molar-refractivity contribution in [1.29, 1.82) is 0 Å². The lowest BCUT2D eigenvalue weighted by atomic mass is 9.90. The van der Waals surface area contributed by atoms with E-state index in [0.717, 1.165) is 63.7 Å². The minimum absolute atomic E-state index is 0.171. The molecule has 11 heteroatoms. The van der Waals surface area contributed by atoms with E-state index in [1.807, 2.05) is 18.2 Å². The van der Waals surface area contributed by atoms with Crippen LogP contribution in [0, 0.1) is 5.82 Å². The average molecular weight is 456 g/mol. The Balaban J connectivity index is 0.000000360. The number of benzene rings is 1. The van der Waals surface area contributed by atoms with Gasteiger partial charge in [0.1, 0.15) is 5.82 Å². The molecule has 2 aliphatic rings. The van der Waals surface area contributed by atoms with E-state index in [1.165, 1.54) is 12.1 Å². The molecule has 0 aliphatic carbocycles. The molecule has 1 aromatic carbocycles. The Labute approximate surface area is 182 Å². The topological polar surface area (TPSA) is 78.8 Å². The van der Waals surface area contributed by atoms with Crippen LogP contribution >= 0.6 is 0 Å². The summed E-state index contributed by atoms with van der Waals surface area (Å²) < 4.78 is 51.1. The number of morpholine rings is 1. The molecule has 2 aliphatic heterocycles. The summed E-state index contributed by atoms with van der Waals surface area (Å²) in [5, 5.41) is 7.12. The van der Waals surface area contributed by atoms with Crippen molar-refractivity contribution in [2.75, 3.05) is 37.7 Å². The fourth-order valence-electron chi connectivity index (χ4n) is 3.88. The van der Waals surface area contributed by atoms with Crippen LogP contribution in [0.2, 0.25) is 0 Å². The summed E-state index contributed by atoms with van der Waals surface area (Å²) in [5.74, 6) is -2.17. The number of aliphatic carboxylic acids is 1. The third kappa shape index (κ3) is 6.60. The summed E-state index contributed by atoms with van der Waals surface area (Å²) in [7, 11) is 0. The molecule has 0 amide bonds. The van der Waals surface area contributed by atoms with Gasteiger partial charge in [-0.2, -0.15) is 13.2 Å². The zero-order valence-corrected chi connectivity index (χ0v) is 17.3. The predicted octanol–water partition coefficient (Wildman–Crippen LogP) is 3.12. The largest absolute Gasteiger partial charge is 0.490 e. The summed E-state index contributed by atoms with van der Waals surface area (Å²) in [6.07, 6.45) is 0.608. The van der Waals surface area contributed by atoms with Crippen molar-refractivity contribution < 1.29 is 32.2 Å². The Morgan fingerprint density at radius 1 is 1.12 bits per heavy atom. The first-order valence-corrected chi connectivity index (χ1v) is 10.1. The number of alkyl halides is 3. The van der Waals surface area contributed by atoms with Gasteiger partial charge in [0, 0.05) is 38.6 Å². The van der Waals surface area contributed by atoms with Gasteiger partial charge >= 0.3 is 12.1 Å². The van der Waals surface area contributed by atoms with E-state index in [-0.39, 0.29) is 11.4 Å². The summed E-state index contributed by atoms with van der Waals surface area (Å²) >= 11 is 0. The van der Waals surface area contributed by atoms with Crippen LogP contribution in [-0.2, 0) is 16.1 Å². The van der Waals surface area contributed by atoms with Crippen LogP contribution in [0.3, 0.4) is 0 Å². The molecule has 174 valence electrons. The van der Waals surface area contributed by atoms with Crippen molar-refractivity contribution in [1.82, 2.24) is 14.9 Å². The van der Waals surface area contributed by atoms with Crippen LogP contribution in [-0.4, -0.2) is 70.5 Å². The molecule has 4 rings (SSSR count). The van der Waals surface area contributed by atoms with Gasteiger partial charge in [0.15, 0.2) is 0 Å². The van der Waals surface area contributed by atoms with E-state index in [2.05, 4.69) is 19.8 Å². The molecule has 1 unspecified atom stereocenters. The van der Waals surface area contributed by atoms with Gasteiger partial charge in [-0.15, -0.1) is 0 Å². The zero-order valence-electron chi connectivity index (χ0n) is 17.3. The molecule has 3 heterocycles. The molecule has 32 heavy (non-hydrogen) atoms. The van der Waals surface area contributed by atoms with Crippen molar-refractivity contribution in [3.05, 3.63) is 54.1 Å². The highest BCUT2D eigenvalue weighted by Gasteiger charge is 2.41. The molecule has 0 bridgehead atoms. The first-order chi connectivity index (χ1) is 15.2. The molecule has 2 fully saturated rings. The predicted molar refractivity (Wildman–Crippen MR) is 108 cm³/mol. The number of anilines is 1. The Morgan fingerprint density at radius 3 is 2.41 bits per heavy atom. The van der Waals surface area contributed by atoms with Crippen molar-refractivity contribution in [3.63, 3.8) is 0 Å². The highest BCUT2D eigenvalue weighted by atomic mass is 19.4. The minimum Gasteiger partial charge on any atom is -0.475 e. The fraction of sp³-hybridized carbons (Fsp3) is 0.476. The molecule has 0 saturated carbocycles. The number of ether oxygens (including phenoxy) is 1. The van der Waals surface area contributed by atoms with E-state index in [1.54, 1.807) is 12.4 Å². The van der Waals surface area contributed by atoms with Crippen molar-refractivity contribution >= 4 is 11.9 Å². The number of nitrogens with zero attached hydrogens (tertiary/aromatic N) is 4. The molecule has 7 nitrogen and oxygen atoms in total. The van der Waals surface area contributed by atoms with Gasteiger partial charge in [-0.1, -0.05) is 12.1 Å². The van der Waals surface area contributed by atoms with Crippen LogP contribution < -0.4 is 4.90 Å². The van der Waals surface area contributed by atoms with Crippen LogP contribution in [0.4, 0.5) is 23.5 Å². The second-order valence-corrected chi connectivity index (χ2v) is 7.75. The van der Waals surface area contributed by atoms with Crippen LogP contribution in [0.5, 0.6) is 0 Å². The number of halogens is 4. The number of hydrogen-bond donors (Lipinski definition) is 1. The molecule has 2 aromatic rings. The first-order valence-electron chi connectivity index (χ1n) is 10.1. The zero-order chi connectivity index (χ0) is 23.2. The number of hydrogen-bond acceptors (Lipinski definition) is 6. The third-order valence-electron chi connectivity index (χ3n) is 5.26. The molecule has 1 aromatic heterocycles. The maximum absolute atomic E-state index is 13.1. The van der Waals surface area contributed by atoms with Gasteiger partial charge in [-0.05, 0) is 36.6 Å². The lowest BCUT2D eigenvalue weighted by Gasteiger charge is -2.48. The number of carbonyl (C=O) groups is 1. The van der Waals surface area contributed by atoms with E-state index >= 15 is 0 Å². The number of rotatable bonds is 3. The Kier molecular flexibility index (Phi) is 7.62. The molecular weight excluding hydrogens is 432 g/mol. The van der Waals surface area contributed by atoms with Crippen molar-refractivity contribution in [3.8, 4) is 0 Å². The number of carboxylic acid groups (broad SMARTS) is 1. The maximum Gasteiger partial charge on any atom is 0.490 e. The Hall–Kier alpha value is -2.79. The monoisotopic (exact) mass is 456 g/mol. The smallest absolute Gasteiger partial charge is 0.475 e. The number of carboxylic acids is 1. The SMILES string of the molecule is Fc1ccc(CN2CCOC3(CCCN(c4ncccn4)C3)C2)cc1.O=C(O)C(F)(F)F. The standard InChI is InChI=1S/C19H23FN4O.C2HF3O2/c20-17-5-3-16(4-6-17)13-23-11-12-25-19(14-23)7-1-10-24(15-19)18-21-8-2-9-22-18;3-2(4,5)1(6)7/h2-6,8-9H,1,7,10-15H2;(H,6,7). The average Bonchev–Trinajstić information content (AvgIpc) is 2.76. The molecule has 0 radical (unpaired) electrons. The quantitative estimate of drug-likeness (QED) is 0.711. The summed E-state index contributed by atoms with van der Waals surface area (Å²) in [5.41, 5.74) is 0.966. The lowest BCUT2D eigenvalue weighted by Crippen LogP contribution is -2.59. The molecule has 1 spiro atoms. The third-order valence-corrected chi connectivity index (χ3v) is 5.26. The molecular formula is C21H24F4N4O3. The van der Waals surface area contributed by atoms with Gasteiger partial charge < -0.3 is 14.7 Å². The second-order valence-electron chi connectivity index (χ2n) is 7.75. The van der Waals surface area contributed by atoms with Gasteiger partial charge in [0.05, 0.1) is 18.8 Å². The first kappa shape index (κ1) is 23.9. The Morgan fingerprint density at radius 2 is 1.78 bits per heavy atom. The van der Waals surface area contributed by atoms with Crippen molar-refractivity contribution in [2.45, 2.75) is 31.2 Å². The number of piperidine rings is 1. The van der Waals surface area contributed by atoms with E-state index in [0.29, 0.717) is 0 Å². The van der Waals surface area contributed by atoms with E-state index < -0.39 is 12.1 Å². The van der Waals surface area contributed by atoms with Crippen LogP contribution in [0.15, 0.2) is 42.7 Å². The van der Waals surface area contributed by atoms with Crippen molar-refractivity contribution in [2.24, 2.45) is 0 Å². The lowest BCUT2D eigenvalue weighted by molar-refractivity contribution is -0.192. The minimum atomic E-state index is -5.08. The van der Waals surface area contributed by atoms with Gasteiger partial charge in [-0.25, -0.2) is 19.2 Å². The number of aromatic nitrogens is 2. The molecule has 1 N–H and O–H groups in total.